The molecule has 4 rings (SSSR count). The molecule has 0 bridgehead atoms. The molecule has 1 amide bonds. The summed E-state index contributed by atoms with van der Waals surface area (Å²) in [5.41, 5.74) is 3.57. The van der Waals surface area contributed by atoms with Gasteiger partial charge in [0.25, 0.3) is 5.91 Å². The van der Waals surface area contributed by atoms with Crippen LogP contribution in [-0.4, -0.2) is 41.7 Å². The number of halogens is 3. The van der Waals surface area contributed by atoms with Crippen molar-refractivity contribution in [1.29, 1.82) is 0 Å². The number of hydrogen-bond acceptors (Lipinski definition) is 6. The molecule has 0 aliphatic carbocycles. The second-order valence-corrected chi connectivity index (χ2v) is 6.39. The van der Waals surface area contributed by atoms with Gasteiger partial charge in [-0.3, -0.25) is 19.9 Å². The number of nitrogens with zero attached hydrogens (tertiary/aromatic N) is 6. The topological polar surface area (TPSA) is 98.5 Å². The molecule has 1 N–H and O–H groups in total. The smallest absolute Gasteiger partial charge is 0.267 e. The van der Waals surface area contributed by atoms with E-state index in [1.807, 2.05) is 0 Å². The molecule has 0 saturated heterocycles. The van der Waals surface area contributed by atoms with Crippen molar-refractivity contribution in [3.8, 4) is 11.6 Å². The van der Waals surface area contributed by atoms with E-state index in [0.717, 1.165) is 0 Å². The lowest BCUT2D eigenvalue weighted by Crippen LogP contribution is -2.23. The standard InChI is InChI=1S/C19H14F3N7O/c1-11-13(9-26-17(27-11)16-24-6-3-7-25-16)18(30)28-29-10-12(8-19(20,21)22)15-14(29)4-2-5-23-15/h2-7,9-10H,8H2,1H3,(H,28,30). The zero-order valence-corrected chi connectivity index (χ0v) is 15.6. The van der Waals surface area contributed by atoms with Crippen LogP contribution in [0.3, 0.4) is 0 Å². The van der Waals surface area contributed by atoms with E-state index in [1.54, 1.807) is 37.5 Å². The van der Waals surface area contributed by atoms with Crippen LogP contribution >= 0.6 is 0 Å². The van der Waals surface area contributed by atoms with Gasteiger partial charge in [0.05, 0.1) is 28.7 Å². The Balaban J connectivity index is 1.64. The SMILES string of the molecule is Cc1nc(-c2ncccn2)ncc1C(=O)Nn1cc(CC(F)(F)F)c2ncccc21. The third-order valence-electron chi connectivity index (χ3n) is 4.24. The van der Waals surface area contributed by atoms with Crippen LogP contribution in [0.5, 0.6) is 0 Å². The Kier molecular flexibility index (Phi) is 4.86. The molecule has 0 saturated carbocycles. The Morgan fingerprint density at radius 2 is 1.80 bits per heavy atom. The molecule has 0 aromatic carbocycles. The summed E-state index contributed by atoms with van der Waals surface area (Å²) in [4.78, 5) is 33.2. The Morgan fingerprint density at radius 1 is 1.07 bits per heavy atom. The molecule has 8 nitrogen and oxygen atoms in total. The summed E-state index contributed by atoms with van der Waals surface area (Å²) in [6, 6.07) is 4.80. The van der Waals surface area contributed by atoms with Gasteiger partial charge in [-0.2, -0.15) is 13.2 Å². The van der Waals surface area contributed by atoms with Crippen molar-refractivity contribution in [1.82, 2.24) is 29.6 Å². The Labute approximate surface area is 167 Å². The predicted octanol–water partition coefficient (Wildman–Crippen LogP) is 3.08. The quantitative estimate of drug-likeness (QED) is 0.552. The number of nitrogens with one attached hydrogen (secondary N) is 1. The van der Waals surface area contributed by atoms with Gasteiger partial charge in [-0.05, 0) is 25.1 Å². The summed E-state index contributed by atoms with van der Waals surface area (Å²) in [6.07, 6.45) is 1.47. The molecule has 0 radical (unpaired) electrons. The van der Waals surface area contributed by atoms with Crippen molar-refractivity contribution in [3.63, 3.8) is 0 Å². The van der Waals surface area contributed by atoms with E-state index < -0.39 is 18.5 Å². The fraction of sp³-hybridized carbons (Fsp3) is 0.158. The average molecular weight is 413 g/mol. The maximum Gasteiger partial charge on any atom is 0.393 e. The van der Waals surface area contributed by atoms with Crippen LogP contribution < -0.4 is 5.43 Å². The van der Waals surface area contributed by atoms with Crippen LogP contribution in [0.25, 0.3) is 22.7 Å². The van der Waals surface area contributed by atoms with Crippen molar-refractivity contribution in [3.05, 3.63) is 66.0 Å². The first kappa shape index (κ1) is 19.4. The van der Waals surface area contributed by atoms with Gasteiger partial charge in [0, 0.05) is 36.5 Å². The number of carbonyl (C=O) groups is 1. The molecule has 0 atom stereocenters. The highest BCUT2D eigenvalue weighted by molar-refractivity contribution is 6.01. The summed E-state index contributed by atoms with van der Waals surface area (Å²) in [7, 11) is 0. The van der Waals surface area contributed by atoms with E-state index in [-0.39, 0.29) is 22.5 Å². The number of aryl methyl sites for hydroxylation is 1. The molecule has 4 heterocycles. The highest BCUT2D eigenvalue weighted by Gasteiger charge is 2.30. The third-order valence-corrected chi connectivity index (χ3v) is 4.24. The molecule has 30 heavy (non-hydrogen) atoms. The number of carbonyl (C=O) groups excluding carboxylic acids is 1. The second-order valence-electron chi connectivity index (χ2n) is 6.39. The predicted molar refractivity (Wildman–Crippen MR) is 101 cm³/mol. The van der Waals surface area contributed by atoms with E-state index in [9.17, 15) is 18.0 Å². The second kappa shape index (κ2) is 7.50. The highest BCUT2D eigenvalue weighted by Crippen LogP contribution is 2.26. The maximum absolute atomic E-state index is 12.9. The van der Waals surface area contributed by atoms with Crippen molar-refractivity contribution < 1.29 is 18.0 Å². The van der Waals surface area contributed by atoms with Crippen LogP contribution in [0, 0.1) is 6.92 Å². The number of rotatable bonds is 4. The Morgan fingerprint density at radius 3 is 2.50 bits per heavy atom. The fourth-order valence-electron chi connectivity index (χ4n) is 2.94. The van der Waals surface area contributed by atoms with Crippen LogP contribution in [0.4, 0.5) is 13.2 Å². The van der Waals surface area contributed by atoms with Gasteiger partial charge >= 0.3 is 6.18 Å². The monoisotopic (exact) mass is 413 g/mol. The summed E-state index contributed by atoms with van der Waals surface area (Å²) < 4.78 is 39.9. The molecule has 0 unspecified atom stereocenters. The molecule has 0 aliphatic rings. The van der Waals surface area contributed by atoms with E-state index in [4.69, 9.17) is 0 Å². The van der Waals surface area contributed by atoms with Gasteiger partial charge in [0.2, 0.25) is 0 Å². The summed E-state index contributed by atoms with van der Waals surface area (Å²) >= 11 is 0. The van der Waals surface area contributed by atoms with Crippen LogP contribution in [0.1, 0.15) is 21.6 Å². The zero-order valence-electron chi connectivity index (χ0n) is 15.6. The van der Waals surface area contributed by atoms with Crippen LogP contribution in [-0.2, 0) is 6.42 Å². The molecular weight excluding hydrogens is 399 g/mol. The number of fused-ring (bicyclic) bond motifs is 1. The molecule has 4 aromatic rings. The zero-order chi connectivity index (χ0) is 21.3. The highest BCUT2D eigenvalue weighted by atomic mass is 19.4. The molecule has 4 aromatic heterocycles. The third kappa shape index (κ3) is 3.95. The molecule has 0 aliphatic heterocycles. The maximum atomic E-state index is 12.9. The van der Waals surface area contributed by atoms with Gasteiger partial charge in [0.15, 0.2) is 11.6 Å². The number of amides is 1. The lowest BCUT2D eigenvalue weighted by atomic mass is 10.2. The summed E-state index contributed by atoms with van der Waals surface area (Å²) in [5.74, 6) is -0.00750. The van der Waals surface area contributed by atoms with Gasteiger partial charge in [0.1, 0.15) is 0 Å². The first-order valence-corrected chi connectivity index (χ1v) is 8.76. The lowest BCUT2D eigenvalue weighted by Gasteiger charge is -2.10. The van der Waals surface area contributed by atoms with E-state index in [1.165, 1.54) is 23.3 Å². The number of hydrogen-bond donors (Lipinski definition) is 1. The van der Waals surface area contributed by atoms with Crippen molar-refractivity contribution >= 4 is 16.9 Å². The van der Waals surface area contributed by atoms with Gasteiger partial charge in [-0.25, -0.2) is 19.9 Å². The summed E-state index contributed by atoms with van der Waals surface area (Å²) in [5, 5.41) is 0. The molecule has 11 heteroatoms. The minimum atomic E-state index is -4.40. The minimum Gasteiger partial charge on any atom is -0.267 e. The van der Waals surface area contributed by atoms with Crippen LogP contribution in [0.2, 0.25) is 0 Å². The van der Waals surface area contributed by atoms with E-state index in [2.05, 4.69) is 30.3 Å². The van der Waals surface area contributed by atoms with E-state index >= 15 is 0 Å². The van der Waals surface area contributed by atoms with Gasteiger partial charge in [-0.1, -0.05) is 0 Å². The minimum absolute atomic E-state index is 0.0389. The van der Waals surface area contributed by atoms with Crippen molar-refractivity contribution in [2.24, 2.45) is 0 Å². The number of pyridine rings is 1. The Bertz CT molecular complexity index is 1220. The van der Waals surface area contributed by atoms with Crippen molar-refractivity contribution in [2.75, 3.05) is 5.43 Å². The molecule has 0 spiro atoms. The van der Waals surface area contributed by atoms with Crippen molar-refractivity contribution in [2.45, 2.75) is 19.5 Å². The van der Waals surface area contributed by atoms with E-state index in [0.29, 0.717) is 17.0 Å². The first-order chi connectivity index (χ1) is 14.3. The molecule has 0 fully saturated rings. The van der Waals surface area contributed by atoms with Gasteiger partial charge in [-0.15, -0.1) is 0 Å². The number of aromatic nitrogens is 6. The number of alkyl halides is 3. The van der Waals surface area contributed by atoms with Crippen LogP contribution in [0.15, 0.2) is 49.2 Å². The normalized spacial score (nSPS) is 11.6. The largest absolute Gasteiger partial charge is 0.393 e. The molecule has 152 valence electrons. The van der Waals surface area contributed by atoms with Gasteiger partial charge < -0.3 is 0 Å². The summed E-state index contributed by atoms with van der Waals surface area (Å²) in [6.45, 7) is 1.62. The Hall–Kier alpha value is -3.89. The molecular formula is C19H14F3N7O. The first-order valence-electron chi connectivity index (χ1n) is 8.76. The average Bonchev–Trinajstić information content (AvgIpc) is 3.04. The fourth-order valence-corrected chi connectivity index (χ4v) is 2.94. The lowest BCUT2D eigenvalue weighted by molar-refractivity contribution is -0.127.